The zero-order valence-corrected chi connectivity index (χ0v) is 12.6. The minimum absolute atomic E-state index is 0.377. The van der Waals surface area contributed by atoms with Crippen molar-refractivity contribution in [2.24, 2.45) is 0 Å². The van der Waals surface area contributed by atoms with Crippen LogP contribution in [0.15, 0.2) is 52.5 Å². The van der Waals surface area contributed by atoms with Gasteiger partial charge in [0.15, 0.2) is 10.8 Å². The van der Waals surface area contributed by atoms with E-state index in [4.69, 9.17) is 4.42 Å². The third kappa shape index (κ3) is 2.39. The molecule has 23 heavy (non-hydrogen) atoms. The zero-order valence-electron chi connectivity index (χ0n) is 11.8. The molecule has 1 N–H and O–H groups in total. The number of thiazole rings is 1. The van der Waals surface area contributed by atoms with Crippen LogP contribution < -0.4 is 5.32 Å². The Morgan fingerprint density at radius 3 is 2.65 bits per heavy atom. The molecule has 0 saturated heterocycles. The maximum Gasteiger partial charge on any atom is 0.258 e. The quantitative estimate of drug-likeness (QED) is 0.581. The van der Waals surface area contributed by atoms with Crippen LogP contribution in [0, 0.1) is 0 Å². The Morgan fingerprint density at radius 2 is 1.87 bits per heavy atom. The summed E-state index contributed by atoms with van der Waals surface area (Å²) in [6, 6.07) is 10.7. The lowest BCUT2D eigenvalue weighted by Crippen LogP contribution is -2.36. The second kappa shape index (κ2) is 5.33. The van der Waals surface area contributed by atoms with Crippen LogP contribution in [0.3, 0.4) is 0 Å². The van der Waals surface area contributed by atoms with Crippen molar-refractivity contribution in [3.05, 3.63) is 64.9 Å². The van der Waals surface area contributed by atoms with Crippen LogP contribution in [-0.4, -0.2) is 16.8 Å². The molecule has 2 amide bonds. The van der Waals surface area contributed by atoms with E-state index in [-0.39, 0.29) is 5.91 Å². The van der Waals surface area contributed by atoms with Gasteiger partial charge in [0.25, 0.3) is 11.8 Å². The van der Waals surface area contributed by atoms with Gasteiger partial charge in [-0.3, -0.25) is 14.9 Å². The minimum Gasteiger partial charge on any atom is -0.462 e. The van der Waals surface area contributed by atoms with Crippen LogP contribution in [-0.2, 0) is 4.79 Å². The molecule has 5 nitrogen and oxygen atoms in total. The molecule has 3 heterocycles. The fourth-order valence-corrected chi connectivity index (χ4v) is 3.18. The minimum atomic E-state index is -0.416. The molecule has 0 radical (unpaired) electrons. The molecule has 0 fully saturated rings. The van der Waals surface area contributed by atoms with Crippen LogP contribution >= 0.6 is 11.3 Å². The van der Waals surface area contributed by atoms with Gasteiger partial charge < -0.3 is 4.42 Å². The standard InChI is InChI=1S/C17H10N2O3S/c20-15-12-5-2-1-4-11(12)13(16(21)19-15)8-10-9-23-17(18-10)14-6-3-7-22-14/h1-9H,(H,19,20,21)/b13-8+. The first-order valence-corrected chi connectivity index (χ1v) is 7.76. The monoisotopic (exact) mass is 322 g/mol. The number of rotatable bonds is 2. The maximum absolute atomic E-state index is 12.2. The Labute approximate surface area is 135 Å². The lowest BCUT2D eigenvalue weighted by atomic mass is 9.94. The van der Waals surface area contributed by atoms with E-state index in [0.29, 0.717) is 28.2 Å². The molecule has 112 valence electrons. The number of nitrogens with zero attached hydrogens (tertiary/aromatic N) is 1. The molecule has 0 atom stereocenters. The van der Waals surface area contributed by atoms with Gasteiger partial charge in [-0.25, -0.2) is 4.98 Å². The van der Waals surface area contributed by atoms with Crippen LogP contribution in [0.1, 0.15) is 21.6 Å². The lowest BCUT2D eigenvalue weighted by Gasteiger charge is -2.17. The number of carbonyl (C=O) groups excluding carboxylic acids is 2. The van der Waals surface area contributed by atoms with Crippen molar-refractivity contribution < 1.29 is 14.0 Å². The van der Waals surface area contributed by atoms with Gasteiger partial charge in [-0.15, -0.1) is 11.3 Å². The van der Waals surface area contributed by atoms with Gasteiger partial charge in [0.1, 0.15) is 0 Å². The highest BCUT2D eigenvalue weighted by molar-refractivity contribution is 7.13. The third-order valence-electron chi connectivity index (χ3n) is 3.48. The molecule has 6 heteroatoms. The first-order chi connectivity index (χ1) is 11.2. The highest BCUT2D eigenvalue weighted by Gasteiger charge is 2.26. The second-order valence-electron chi connectivity index (χ2n) is 4.94. The summed E-state index contributed by atoms with van der Waals surface area (Å²) in [7, 11) is 0. The summed E-state index contributed by atoms with van der Waals surface area (Å²) >= 11 is 1.43. The van der Waals surface area contributed by atoms with Crippen molar-refractivity contribution in [3.8, 4) is 10.8 Å². The van der Waals surface area contributed by atoms with Crippen molar-refractivity contribution >= 4 is 34.8 Å². The summed E-state index contributed by atoms with van der Waals surface area (Å²) in [5.41, 5.74) is 2.18. The van der Waals surface area contributed by atoms with Gasteiger partial charge in [0, 0.05) is 22.1 Å². The molecule has 0 aliphatic carbocycles. The number of hydrogen-bond acceptors (Lipinski definition) is 5. The normalized spacial score (nSPS) is 15.6. The summed E-state index contributed by atoms with van der Waals surface area (Å²) in [6.07, 6.45) is 3.27. The van der Waals surface area contributed by atoms with Crippen LogP contribution in [0.25, 0.3) is 22.4 Å². The van der Waals surface area contributed by atoms with Crippen molar-refractivity contribution in [3.63, 3.8) is 0 Å². The lowest BCUT2D eigenvalue weighted by molar-refractivity contribution is -0.114. The van der Waals surface area contributed by atoms with E-state index < -0.39 is 5.91 Å². The van der Waals surface area contributed by atoms with Crippen molar-refractivity contribution in [2.45, 2.75) is 0 Å². The molecule has 1 aliphatic rings. The third-order valence-corrected chi connectivity index (χ3v) is 4.35. The molecule has 0 spiro atoms. The second-order valence-corrected chi connectivity index (χ2v) is 5.80. The highest BCUT2D eigenvalue weighted by atomic mass is 32.1. The summed E-state index contributed by atoms with van der Waals surface area (Å²) in [5.74, 6) is -0.109. The van der Waals surface area contributed by atoms with E-state index in [1.807, 2.05) is 11.4 Å². The Balaban J connectivity index is 1.78. The summed E-state index contributed by atoms with van der Waals surface area (Å²) < 4.78 is 5.32. The first kappa shape index (κ1) is 13.7. The van der Waals surface area contributed by atoms with E-state index in [2.05, 4.69) is 10.3 Å². The predicted octanol–water partition coefficient (Wildman–Crippen LogP) is 3.21. The first-order valence-electron chi connectivity index (χ1n) is 6.88. The van der Waals surface area contributed by atoms with E-state index in [0.717, 1.165) is 5.01 Å². The van der Waals surface area contributed by atoms with Gasteiger partial charge in [0.2, 0.25) is 0 Å². The summed E-state index contributed by atoms with van der Waals surface area (Å²) in [4.78, 5) is 28.5. The smallest absolute Gasteiger partial charge is 0.258 e. The van der Waals surface area contributed by atoms with Crippen molar-refractivity contribution in [2.75, 3.05) is 0 Å². The number of imide groups is 1. The SMILES string of the molecule is O=C1NC(=O)c2ccccc2/C1=C\c1csc(-c2ccco2)n1. The molecule has 2 aromatic heterocycles. The highest BCUT2D eigenvalue weighted by Crippen LogP contribution is 2.29. The molecule has 0 bridgehead atoms. The number of aromatic nitrogens is 1. The Bertz CT molecular complexity index is 938. The van der Waals surface area contributed by atoms with E-state index in [9.17, 15) is 9.59 Å². The number of hydrogen-bond donors (Lipinski definition) is 1. The molecule has 1 aliphatic heterocycles. The molecule has 4 rings (SSSR count). The summed E-state index contributed by atoms with van der Waals surface area (Å²) in [6.45, 7) is 0. The average Bonchev–Trinajstić information content (AvgIpc) is 3.22. The number of carbonyl (C=O) groups is 2. The van der Waals surface area contributed by atoms with E-state index in [1.54, 1.807) is 42.7 Å². The van der Waals surface area contributed by atoms with E-state index in [1.165, 1.54) is 11.3 Å². The number of nitrogens with one attached hydrogen (secondary N) is 1. The van der Waals surface area contributed by atoms with Crippen molar-refractivity contribution in [1.82, 2.24) is 10.3 Å². The Hall–Kier alpha value is -2.99. The van der Waals surface area contributed by atoms with Gasteiger partial charge in [-0.2, -0.15) is 0 Å². The number of benzene rings is 1. The molecular weight excluding hydrogens is 312 g/mol. The number of fused-ring (bicyclic) bond motifs is 1. The van der Waals surface area contributed by atoms with Crippen LogP contribution in [0.2, 0.25) is 0 Å². The van der Waals surface area contributed by atoms with Gasteiger partial charge >= 0.3 is 0 Å². The summed E-state index contributed by atoms with van der Waals surface area (Å²) in [5, 5.41) is 4.93. The maximum atomic E-state index is 12.2. The van der Waals surface area contributed by atoms with Gasteiger partial charge in [-0.1, -0.05) is 18.2 Å². The topological polar surface area (TPSA) is 72.2 Å². The largest absolute Gasteiger partial charge is 0.462 e. The van der Waals surface area contributed by atoms with Crippen LogP contribution in [0.4, 0.5) is 0 Å². The Kier molecular flexibility index (Phi) is 3.17. The van der Waals surface area contributed by atoms with Gasteiger partial charge in [0.05, 0.1) is 12.0 Å². The molecular formula is C17H10N2O3S. The molecule has 3 aromatic rings. The molecule has 1 aromatic carbocycles. The predicted molar refractivity (Wildman–Crippen MR) is 86.6 cm³/mol. The fourth-order valence-electron chi connectivity index (χ4n) is 2.43. The molecule has 0 saturated carbocycles. The Morgan fingerprint density at radius 1 is 1.04 bits per heavy atom. The van der Waals surface area contributed by atoms with Crippen LogP contribution in [0.5, 0.6) is 0 Å². The zero-order chi connectivity index (χ0) is 15.8. The van der Waals surface area contributed by atoms with E-state index >= 15 is 0 Å². The molecule has 0 unspecified atom stereocenters. The van der Waals surface area contributed by atoms with Crippen molar-refractivity contribution in [1.29, 1.82) is 0 Å². The number of furan rings is 1. The average molecular weight is 322 g/mol. The fraction of sp³-hybridized carbons (Fsp3) is 0. The number of amides is 2. The van der Waals surface area contributed by atoms with Gasteiger partial charge in [-0.05, 0) is 24.3 Å².